The van der Waals surface area contributed by atoms with Crippen LogP contribution in [0.5, 0.6) is 5.75 Å². The van der Waals surface area contributed by atoms with Crippen LogP contribution in [0, 0.1) is 0 Å². The Morgan fingerprint density at radius 3 is 2.38 bits per heavy atom. The van der Waals surface area contributed by atoms with Crippen LogP contribution in [0.1, 0.15) is 31.1 Å². The maximum Gasteiger partial charge on any atom is 0.337 e. The Bertz CT molecular complexity index is 394. The molecule has 0 aliphatic rings. The number of esters is 1. The van der Waals surface area contributed by atoms with Crippen LogP contribution in [0.15, 0.2) is 22.7 Å². The zero-order chi connectivity index (χ0) is 12.3. The summed E-state index contributed by atoms with van der Waals surface area (Å²) in [7, 11) is 1.36. The highest BCUT2D eigenvalue weighted by Gasteiger charge is 2.15. The van der Waals surface area contributed by atoms with Gasteiger partial charge in [-0.25, -0.2) is 4.79 Å². The van der Waals surface area contributed by atoms with Crippen molar-refractivity contribution in [2.24, 2.45) is 0 Å². The van der Waals surface area contributed by atoms with Crippen molar-refractivity contribution in [2.75, 3.05) is 7.11 Å². The molecule has 0 amide bonds. The molecular formula is C12H15BrO3. The lowest BCUT2D eigenvalue weighted by atomic mass is 10.1. The molecule has 0 heterocycles. The SMILES string of the molecule is COC(=O)c1ccc(OC(C)(C)C)c(Br)c1. The van der Waals surface area contributed by atoms with E-state index in [1.54, 1.807) is 18.2 Å². The average molecular weight is 287 g/mol. The zero-order valence-electron chi connectivity index (χ0n) is 9.83. The second kappa shape index (κ2) is 4.87. The summed E-state index contributed by atoms with van der Waals surface area (Å²) in [4.78, 5) is 11.3. The molecule has 1 aromatic carbocycles. The number of carbonyl (C=O) groups excluding carboxylic acids is 1. The van der Waals surface area contributed by atoms with E-state index < -0.39 is 0 Å². The van der Waals surface area contributed by atoms with Crippen LogP contribution in [0.3, 0.4) is 0 Å². The number of methoxy groups -OCH3 is 1. The van der Waals surface area contributed by atoms with Crippen molar-refractivity contribution in [3.05, 3.63) is 28.2 Å². The molecule has 1 aromatic rings. The van der Waals surface area contributed by atoms with Crippen LogP contribution in [-0.4, -0.2) is 18.7 Å². The monoisotopic (exact) mass is 286 g/mol. The zero-order valence-corrected chi connectivity index (χ0v) is 11.4. The van der Waals surface area contributed by atoms with Crippen molar-refractivity contribution in [1.29, 1.82) is 0 Å². The van der Waals surface area contributed by atoms with E-state index in [4.69, 9.17) is 4.74 Å². The summed E-state index contributed by atoms with van der Waals surface area (Å²) in [6.45, 7) is 5.90. The van der Waals surface area contributed by atoms with Crippen LogP contribution < -0.4 is 4.74 Å². The smallest absolute Gasteiger partial charge is 0.337 e. The molecule has 4 heteroatoms. The molecule has 0 saturated carbocycles. The van der Waals surface area contributed by atoms with Crippen molar-refractivity contribution in [2.45, 2.75) is 26.4 Å². The molecule has 0 N–H and O–H groups in total. The molecular weight excluding hydrogens is 272 g/mol. The minimum absolute atomic E-state index is 0.269. The van der Waals surface area contributed by atoms with Gasteiger partial charge in [0, 0.05) is 0 Å². The van der Waals surface area contributed by atoms with E-state index in [0.717, 1.165) is 4.47 Å². The van der Waals surface area contributed by atoms with Crippen molar-refractivity contribution in [3.8, 4) is 5.75 Å². The Kier molecular flexibility index (Phi) is 3.97. The maximum absolute atomic E-state index is 11.3. The van der Waals surface area contributed by atoms with E-state index in [2.05, 4.69) is 20.7 Å². The first-order valence-electron chi connectivity index (χ1n) is 4.90. The van der Waals surface area contributed by atoms with Crippen molar-refractivity contribution in [3.63, 3.8) is 0 Å². The number of rotatable bonds is 2. The van der Waals surface area contributed by atoms with Gasteiger partial charge in [-0.3, -0.25) is 0 Å². The first kappa shape index (κ1) is 13.0. The average Bonchev–Trinajstić information content (AvgIpc) is 2.18. The van der Waals surface area contributed by atoms with Crippen LogP contribution >= 0.6 is 15.9 Å². The number of halogens is 1. The highest BCUT2D eigenvalue weighted by molar-refractivity contribution is 9.10. The van der Waals surface area contributed by atoms with Gasteiger partial charge < -0.3 is 9.47 Å². The number of hydrogen-bond acceptors (Lipinski definition) is 3. The minimum atomic E-state index is -0.358. The van der Waals surface area contributed by atoms with Crippen molar-refractivity contribution < 1.29 is 14.3 Å². The third-order valence-electron chi connectivity index (χ3n) is 1.77. The fraction of sp³-hybridized carbons (Fsp3) is 0.417. The first-order valence-corrected chi connectivity index (χ1v) is 5.69. The van der Waals surface area contributed by atoms with E-state index in [1.165, 1.54) is 7.11 Å². The molecule has 0 atom stereocenters. The summed E-state index contributed by atoms with van der Waals surface area (Å²) in [6, 6.07) is 5.12. The maximum atomic E-state index is 11.3. The van der Waals surface area contributed by atoms with E-state index in [9.17, 15) is 4.79 Å². The van der Waals surface area contributed by atoms with Crippen molar-refractivity contribution >= 4 is 21.9 Å². The third kappa shape index (κ3) is 3.52. The highest BCUT2D eigenvalue weighted by atomic mass is 79.9. The molecule has 0 unspecified atom stereocenters. The van der Waals surface area contributed by atoms with Gasteiger partial charge in [-0.2, -0.15) is 0 Å². The van der Waals surface area contributed by atoms with E-state index in [1.807, 2.05) is 20.8 Å². The second-order valence-electron chi connectivity index (χ2n) is 4.35. The standard InChI is InChI=1S/C12H15BrO3/c1-12(2,3)16-10-6-5-8(7-9(10)13)11(14)15-4/h5-7H,1-4H3. The number of carbonyl (C=O) groups is 1. The Labute approximate surface area is 104 Å². The molecule has 0 aliphatic heterocycles. The largest absolute Gasteiger partial charge is 0.487 e. The van der Waals surface area contributed by atoms with Gasteiger partial charge in [0.15, 0.2) is 0 Å². The summed E-state index contributed by atoms with van der Waals surface area (Å²) in [5.74, 6) is 0.350. The fourth-order valence-corrected chi connectivity index (χ4v) is 1.62. The molecule has 1 rings (SSSR count). The lowest BCUT2D eigenvalue weighted by molar-refractivity contribution is 0.0600. The van der Waals surface area contributed by atoms with Crippen LogP contribution in [0.2, 0.25) is 0 Å². The Morgan fingerprint density at radius 1 is 1.31 bits per heavy atom. The van der Waals surface area contributed by atoms with Gasteiger partial charge >= 0.3 is 5.97 Å². The van der Waals surface area contributed by atoms with Gasteiger partial charge in [-0.15, -0.1) is 0 Å². The summed E-state index contributed by atoms with van der Waals surface area (Å²) < 4.78 is 11.1. The second-order valence-corrected chi connectivity index (χ2v) is 5.21. The topological polar surface area (TPSA) is 35.5 Å². The summed E-state index contributed by atoms with van der Waals surface area (Å²) in [5.41, 5.74) is 0.227. The Hall–Kier alpha value is -1.03. The summed E-state index contributed by atoms with van der Waals surface area (Å²) >= 11 is 3.36. The predicted octanol–water partition coefficient (Wildman–Crippen LogP) is 3.41. The molecule has 0 fully saturated rings. The first-order chi connectivity index (χ1) is 7.33. The number of benzene rings is 1. The van der Waals surface area contributed by atoms with E-state index >= 15 is 0 Å². The lowest BCUT2D eigenvalue weighted by Crippen LogP contribution is -2.23. The summed E-state index contributed by atoms with van der Waals surface area (Å²) in [6.07, 6.45) is 0. The van der Waals surface area contributed by atoms with Gasteiger partial charge in [-0.1, -0.05) is 0 Å². The molecule has 0 aromatic heterocycles. The van der Waals surface area contributed by atoms with E-state index in [-0.39, 0.29) is 11.6 Å². The molecule has 0 saturated heterocycles. The normalized spacial score (nSPS) is 11.1. The molecule has 0 bridgehead atoms. The molecule has 0 spiro atoms. The molecule has 16 heavy (non-hydrogen) atoms. The number of ether oxygens (including phenoxy) is 2. The molecule has 0 radical (unpaired) electrons. The van der Waals surface area contributed by atoms with Gasteiger partial charge in [0.2, 0.25) is 0 Å². The van der Waals surface area contributed by atoms with Crippen LogP contribution in [-0.2, 0) is 4.74 Å². The number of hydrogen-bond donors (Lipinski definition) is 0. The lowest BCUT2D eigenvalue weighted by Gasteiger charge is -2.22. The van der Waals surface area contributed by atoms with Gasteiger partial charge in [0.25, 0.3) is 0 Å². The molecule has 3 nitrogen and oxygen atoms in total. The Morgan fingerprint density at radius 2 is 1.94 bits per heavy atom. The van der Waals surface area contributed by atoms with Crippen LogP contribution in [0.25, 0.3) is 0 Å². The van der Waals surface area contributed by atoms with Gasteiger partial charge in [0.1, 0.15) is 11.4 Å². The van der Waals surface area contributed by atoms with Gasteiger partial charge in [-0.05, 0) is 54.9 Å². The quantitative estimate of drug-likeness (QED) is 0.782. The fourth-order valence-electron chi connectivity index (χ4n) is 1.16. The van der Waals surface area contributed by atoms with Gasteiger partial charge in [0.05, 0.1) is 17.1 Å². The molecule has 0 aliphatic carbocycles. The predicted molar refractivity (Wildman–Crippen MR) is 65.9 cm³/mol. The highest BCUT2D eigenvalue weighted by Crippen LogP contribution is 2.29. The third-order valence-corrected chi connectivity index (χ3v) is 2.39. The summed E-state index contributed by atoms with van der Waals surface area (Å²) in [5, 5.41) is 0. The van der Waals surface area contributed by atoms with E-state index in [0.29, 0.717) is 11.3 Å². The molecule has 88 valence electrons. The van der Waals surface area contributed by atoms with Crippen molar-refractivity contribution in [1.82, 2.24) is 0 Å². The Balaban J connectivity index is 2.96. The van der Waals surface area contributed by atoms with Crippen LogP contribution in [0.4, 0.5) is 0 Å². The minimum Gasteiger partial charge on any atom is -0.487 e.